The Morgan fingerprint density at radius 1 is 1.21 bits per heavy atom. The first-order chi connectivity index (χ1) is 9.00. The molecule has 4 heteroatoms. The molecule has 3 nitrogen and oxygen atoms in total. The van der Waals surface area contributed by atoms with Gasteiger partial charge < -0.3 is 10.6 Å². The van der Waals surface area contributed by atoms with Crippen molar-refractivity contribution in [2.24, 2.45) is 0 Å². The lowest BCUT2D eigenvalue weighted by atomic mass is 10.1. The highest BCUT2D eigenvalue weighted by atomic mass is 79.9. The van der Waals surface area contributed by atoms with Crippen molar-refractivity contribution in [2.75, 3.05) is 17.7 Å². The first kappa shape index (κ1) is 13.6. The molecule has 0 aliphatic carbocycles. The summed E-state index contributed by atoms with van der Waals surface area (Å²) in [5.41, 5.74) is 8.81. The molecular formula is C15H15BrN2O. The number of para-hydroxylation sites is 2. The van der Waals surface area contributed by atoms with E-state index in [-0.39, 0.29) is 5.91 Å². The van der Waals surface area contributed by atoms with Crippen molar-refractivity contribution in [1.29, 1.82) is 0 Å². The summed E-state index contributed by atoms with van der Waals surface area (Å²) in [6.45, 7) is 1.92. The second kappa shape index (κ2) is 5.45. The predicted octanol–water partition coefficient (Wildman–Crippen LogP) is 3.62. The van der Waals surface area contributed by atoms with Gasteiger partial charge in [0.2, 0.25) is 0 Å². The van der Waals surface area contributed by atoms with E-state index in [4.69, 9.17) is 5.73 Å². The number of amides is 1. The van der Waals surface area contributed by atoms with Crippen LogP contribution in [-0.2, 0) is 0 Å². The quantitative estimate of drug-likeness (QED) is 0.860. The van der Waals surface area contributed by atoms with Crippen LogP contribution in [0.1, 0.15) is 15.9 Å². The summed E-state index contributed by atoms with van der Waals surface area (Å²) in [7, 11) is 1.73. The predicted molar refractivity (Wildman–Crippen MR) is 82.5 cm³/mol. The van der Waals surface area contributed by atoms with E-state index in [0.717, 1.165) is 10.0 Å². The standard InChI is InChI=1S/C15H15BrN2O/c1-10-7-8-11(16)9-12(10)15(19)18(2)14-6-4-3-5-13(14)17/h3-9H,17H2,1-2H3. The van der Waals surface area contributed by atoms with Crippen LogP contribution in [-0.4, -0.2) is 13.0 Å². The Morgan fingerprint density at radius 2 is 1.89 bits per heavy atom. The van der Waals surface area contributed by atoms with E-state index < -0.39 is 0 Å². The normalized spacial score (nSPS) is 10.3. The smallest absolute Gasteiger partial charge is 0.258 e. The Kier molecular flexibility index (Phi) is 3.90. The molecule has 19 heavy (non-hydrogen) atoms. The molecular weight excluding hydrogens is 304 g/mol. The molecule has 0 unspecified atom stereocenters. The number of nitrogen functional groups attached to an aromatic ring is 1. The number of benzene rings is 2. The van der Waals surface area contributed by atoms with Crippen molar-refractivity contribution >= 4 is 33.2 Å². The summed E-state index contributed by atoms with van der Waals surface area (Å²) < 4.78 is 0.885. The van der Waals surface area contributed by atoms with Crippen LogP contribution in [0, 0.1) is 6.92 Å². The number of anilines is 2. The molecule has 98 valence electrons. The molecule has 0 fully saturated rings. The Bertz CT molecular complexity index is 625. The summed E-state index contributed by atoms with van der Waals surface area (Å²) in [5.74, 6) is -0.0725. The van der Waals surface area contributed by atoms with E-state index in [1.807, 2.05) is 43.3 Å². The average molecular weight is 319 g/mol. The van der Waals surface area contributed by atoms with E-state index >= 15 is 0 Å². The van der Waals surface area contributed by atoms with Gasteiger partial charge in [0.05, 0.1) is 11.4 Å². The van der Waals surface area contributed by atoms with Crippen LogP contribution in [0.4, 0.5) is 11.4 Å². The molecule has 0 atom stereocenters. The first-order valence-electron chi connectivity index (χ1n) is 5.89. The van der Waals surface area contributed by atoms with Crippen molar-refractivity contribution < 1.29 is 4.79 Å². The number of rotatable bonds is 2. The number of hydrogen-bond donors (Lipinski definition) is 1. The SMILES string of the molecule is Cc1ccc(Br)cc1C(=O)N(C)c1ccccc1N. The molecule has 2 aromatic carbocycles. The third kappa shape index (κ3) is 2.79. The third-order valence-corrected chi connectivity index (χ3v) is 3.53. The minimum absolute atomic E-state index is 0.0725. The summed E-state index contributed by atoms with van der Waals surface area (Å²) >= 11 is 3.39. The van der Waals surface area contributed by atoms with E-state index in [2.05, 4.69) is 15.9 Å². The van der Waals surface area contributed by atoms with Gasteiger partial charge >= 0.3 is 0 Å². The maximum Gasteiger partial charge on any atom is 0.258 e. The molecule has 2 rings (SSSR count). The van der Waals surface area contributed by atoms with Gasteiger partial charge in [0.25, 0.3) is 5.91 Å². The molecule has 0 spiro atoms. The second-order valence-corrected chi connectivity index (χ2v) is 5.30. The monoisotopic (exact) mass is 318 g/mol. The molecule has 0 heterocycles. The van der Waals surface area contributed by atoms with Gasteiger partial charge in [0.1, 0.15) is 0 Å². The van der Waals surface area contributed by atoms with E-state index in [1.165, 1.54) is 0 Å². The fraction of sp³-hybridized carbons (Fsp3) is 0.133. The Labute approximate surface area is 121 Å². The van der Waals surface area contributed by atoms with Crippen LogP contribution in [0.2, 0.25) is 0 Å². The summed E-state index contributed by atoms with van der Waals surface area (Å²) in [4.78, 5) is 14.1. The Hall–Kier alpha value is -1.81. The number of halogens is 1. The van der Waals surface area contributed by atoms with Crippen molar-refractivity contribution in [2.45, 2.75) is 6.92 Å². The maximum atomic E-state index is 12.5. The zero-order valence-corrected chi connectivity index (χ0v) is 12.4. The van der Waals surface area contributed by atoms with Crippen molar-refractivity contribution in [1.82, 2.24) is 0 Å². The number of aryl methyl sites for hydroxylation is 1. The molecule has 2 N–H and O–H groups in total. The van der Waals surface area contributed by atoms with Gasteiger partial charge in [-0.3, -0.25) is 4.79 Å². The van der Waals surface area contributed by atoms with Crippen LogP contribution in [0.25, 0.3) is 0 Å². The number of carbonyl (C=O) groups excluding carboxylic acids is 1. The van der Waals surface area contributed by atoms with Crippen LogP contribution in [0.15, 0.2) is 46.9 Å². The largest absolute Gasteiger partial charge is 0.397 e. The van der Waals surface area contributed by atoms with Gasteiger partial charge in [0.15, 0.2) is 0 Å². The fourth-order valence-electron chi connectivity index (χ4n) is 1.91. The maximum absolute atomic E-state index is 12.5. The first-order valence-corrected chi connectivity index (χ1v) is 6.68. The van der Waals surface area contributed by atoms with E-state index in [9.17, 15) is 4.79 Å². The Balaban J connectivity index is 2.39. The molecule has 1 amide bonds. The summed E-state index contributed by atoms with van der Waals surface area (Å²) in [5, 5.41) is 0. The molecule has 0 radical (unpaired) electrons. The lowest BCUT2D eigenvalue weighted by Crippen LogP contribution is -2.27. The minimum atomic E-state index is -0.0725. The zero-order chi connectivity index (χ0) is 14.0. The van der Waals surface area contributed by atoms with Crippen LogP contribution < -0.4 is 10.6 Å². The third-order valence-electron chi connectivity index (χ3n) is 3.03. The van der Waals surface area contributed by atoms with E-state index in [0.29, 0.717) is 16.9 Å². The lowest BCUT2D eigenvalue weighted by molar-refractivity contribution is 0.0992. The van der Waals surface area contributed by atoms with Crippen molar-refractivity contribution in [3.8, 4) is 0 Å². The van der Waals surface area contributed by atoms with Gasteiger partial charge in [-0.15, -0.1) is 0 Å². The highest BCUT2D eigenvalue weighted by Gasteiger charge is 2.17. The average Bonchev–Trinajstić information content (AvgIpc) is 2.40. The zero-order valence-electron chi connectivity index (χ0n) is 10.9. The van der Waals surface area contributed by atoms with Crippen LogP contribution >= 0.6 is 15.9 Å². The number of carbonyl (C=O) groups is 1. The second-order valence-electron chi connectivity index (χ2n) is 4.38. The number of nitrogens with two attached hydrogens (primary N) is 1. The van der Waals surface area contributed by atoms with Gasteiger partial charge in [-0.25, -0.2) is 0 Å². The van der Waals surface area contributed by atoms with E-state index in [1.54, 1.807) is 18.0 Å². The van der Waals surface area contributed by atoms with Crippen molar-refractivity contribution in [3.05, 3.63) is 58.1 Å². The highest BCUT2D eigenvalue weighted by molar-refractivity contribution is 9.10. The van der Waals surface area contributed by atoms with Crippen molar-refractivity contribution in [3.63, 3.8) is 0 Å². The fourth-order valence-corrected chi connectivity index (χ4v) is 2.27. The van der Waals surface area contributed by atoms with Gasteiger partial charge in [-0.05, 0) is 36.8 Å². The van der Waals surface area contributed by atoms with Crippen LogP contribution in [0.3, 0.4) is 0 Å². The molecule has 0 bridgehead atoms. The summed E-state index contributed by atoms with van der Waals surface area (Å²) in [6, 6.07) is 13.0. The summed E-state index contributed by atoms with van der Waals surface area (Å²) in [6.07, 6.45) is 0. The topological polar surface area (TPSA) is 46.3 Å². The van der Waals surface area contributed by atoms with Gasteiger partial charge in [-0.1, -0.05) is 34.1 Å². The van der Waals surface area contributed by atoms with Gasteiger partial charge in [0, 0.05) is 17.1 Å². The van der Waals surface area contributed by atoms with Gasteiger partial charge in [-0.2, -0.15) is 0 Å². The molecule has 0 saturated heterocycles. The molecule has 2 aromatic rings. The minimum Gasteiger partial charge on any atom is -0.397 e. The molecule has 0 aromatic heterocycles. The van der Waals surface area contributed by atoms with Crippen LogP contribution in [0.5, 0.6) is 0 Å². The Morgan fingerprint density at radius 3 is 2.58 bits per heavy atom. The number of nitrogens with zero attached hydrogens (tertiary/aromatic N) is 1. The number of hydrogen-bond acceptors (Lipinski definition) is 2. The molecule has 0 saturated carbocycles. The lowest BCUT2D eigenvalue weighted by Gasteiger charge is -2.20. The highest BCUT2D eigenvalue weighted by Crippen LogP contribution is 2.24. The molecule has 0 aliphatic rings. The molecule has 0 aliphatic heterocycles.